The molecular weight excluding hydrogens is 525 g/mol. The van der Waals surface area contributed by atoms with E-state index in [9.17, 15) is 23.9 Å². The molecule has 218 valence electrons. The predicted octanol–water partition coefficient (Wildman–Crippen LogP) is 4.79. The third-order valence-corrected chi connectivity index (χ3v) is 8.48. The number of hydrogen-bond donors (Lipinski definition) is 1. The van der Waals surface area contributed by atoms with Crippen molar-refractivity contribution in [1.29, 1.82) is 0 Å². The van der Waals surface area contributed by atoms with E-state index in [1.54, 1.807) is 27.7 Å². The average Bonchev–Trinajstić information content (AvgIpc) is 3.35. The van der Waals surface area contributed by atoms with E-state index in [-0.39, 0.29) is 40.6 Å². The Kier molecular flexibility index (Phi) is 7.38. The fourth-order valence-corrected chi connectivity index (χ4v) is 6.10. The van der Waals surface area contributed by atoms with Crippen LogP contribution in [0.5, 0.6) is 0 Å². The second-order valence-corrected chi connectivity index (χ2v) is 13.0. The van der Waals surface area contributed by atoms with Gasteiger partial charge in [-0.1, -0.05) is 20.8 Å². The first-order valence-corrected chi connectivity index (χ1v) is 14.2. The van der Waals surface area contributed by atoms with Gasteiger partial charge in [0.25, 0.3) is 5.91 Å². The molecule has 1 aliphatic carbocycles. The Balaban J connectivity index is 1.37. The van der Waals surface area contributed by atoms with Crippen LogP contribution in [0.1, 0.15) is 76.4 Å². The highest BCUT2D eigenvalue weighted by atomic mass is 19.1. The lowest BCUT2D eigenvalue weighted by atomic mass is 9.81. The first kappa shape index (κ1) is 28.7. The number of carboxylic acid groups (broad SMARTS) is 1. The maximum Gasteiger partial charge on any atom is 0.306 e. The van der Waals surface area contributed by atoms with Crippen molar-refractivity contribution in [3.8, 4) is 11.3 Å². The Labute approximate surface area is 239 Å². The summed E-state index contributed by atoms with van der Waals surface area (Å²) in [6.45, 7) is 11.3. The third kappa shape index (κ3) is 5.69. The molecular formula is C31H38FN5O4. The second-order valence-electron chi connectivity index (χ2n) is 13.0. The van der Waals surface area contributed by atoms with Crippen LogP contribution in [0.3, 0.4) is 0 Å². The monoisotopic (exact) mass is 563 g/mol. The number of fused-ring (bicyclic) bond motifs is 1. The molecule has 0 bridgehead atoms. The van der Waals surface area contributed by atoms with Gasteiger partial charge in [-0.3, -0.25) is 14.4 Å². The normalized spacial score (nSPS) is 21.2. The second kappa shape index (κ2) is 10.5. The van der Waals surface area contributed by atoms with Gasteiger partial charge in [0.1, 0.15) is 11.5 Å². The molecule has 0 spiro atoms. The van der Waals surface area contributed by atoms with Crippen molar-refractivity contribution in [1.82, 2.24) is 24.4 Å². The van der Waals surface area contributed by atoms with Gasteiger partial charge in [0.15, 0.2) is 5.65 Å². The number of carbonyl (C=O) groups excluding carboxylic acids is 2. The van der Waals surface area contributed by atoms with Crippen molar-refractivity contribution in [3.05, 3.63) is 53.6 Å². The van der Waals surface area contributed by atoms with Crippen molar-refractivity contribution in [2.24, 2.45) is 11.8 Å². The lowest BCUT2D eigenvalue weighted by molar-refractivity contribution is -0.147. The minimum absolute atomic E-state index is 0.0501. The lowest BCUT2D eigenvalue weighted by Gasteiger charge is -2.47. The first-order chi connectivity index (χ1) is 19.2. The average molecular weight is 564 g/mol. The maximum atomic E-state index is 13.8. The molecule has 1 saturated carbocycles. The van der Waals surface area contributed by atoms with Gasteiger partial charge in [-0.15, -0.1) is 0 Å². The number of imidazole rings is 1. The quantitative estimate of drug-likeness (QED) is 0.489. The van der Waals surface area contributed by atoms with Crippen LogP contribution >= 0.6 is 0 Å². The van der Waals surface area contributed by atoms with E-state index in [0.29, 0.717) is 56.7 Å². The summed E-state index contributed by atoms with van der Waals surface area (Å²) in [6, 6.07) is 8.10. The van der Waals surface area contributed by atoms with Crippen LogP contribution < -0.4 is 0 Å². The van der Waals surface area contributed by atoms with Crippen LogP contribution in [-0.4, -0.2) is 72.5 Å². The van der Waals surface area contributed by atoms with Crippen LogP contribution in [-0.2, 0) is 15.0 Å². The molecule has 9 nitrogen and oxygen atoms in total. The van der Waals surface area contributed by atoms with Crippen LogP contribution in [0.2, 0.25) is 0 Å². The number of benzene rings is 1. The van der Waals surface area contributed by atoms with Crippen LogP contribution in [0, 0.1) is 17.7 Å². The number of rotatable bonds is 4. The molecule has 3 aromatic rings. The van der Waals surface area contributed by atoms with Crippen LogP contribution in [0.25, 0.3) is 16.9 Å². The van der Waals surface area contributed by atoms with E-state index in [1.165, 1.54) is 12.1 Å². The Bertz CT molecular complexity index is 1480. The molecule has 1 aromatic carbocycles. The standard InChI is InChI=1S/C31H38FN5O4/c1-30(2,3)23-16-24(19-10-12-22(32)13-11-19)34-37-17-25(33-26(23)37)28(39)36-15-14-35(18-31(36,4)5)27(38)20-6-8-21(9-7-20)29(40)41/h10-13,16-17,20-21H,6-9,14-15,18H2,1-5H3,(H,40,41)/t20-,21-. The van der Waals surface area contributed by atoms with Crippen LogP contribution in [0.15, 0.2) is 36.5 Å². The Morgan fingerprint density at radius 2 is 1.63 bits per heavy atom. The van der Waals surface area contributed by atoms with Crippen molar-refractivity contribution < 1.29 is 23.9 Å². The number of halogens is 1. The molecule has 0 atom stereocenters. The highest BCUT2D eigenvalue weighted by Crippen LogP contribution is 2.33. The fraction of sp³-hybridized carbons (Fsp3) is 0.516. The number of piperazine rings is 1. The Morgan fingerprint density at radius 3 is 2.22 bits per heavy atom. The molecule has 1 N–H and O–H groups in total. The zero-order chi connectivity index (χ0) is 29.7. The summed E-state index contributed by atoms with van der Waals surface area (Å²) in [6.07, 6.45) is 3.86. The molecule has 1 aliphatic heterocycles. The molecule has 2 amide bonds. The van der Waals surface area contributed by atoms with Gasteiger partial charge >= 0.3 is 5.97 Å². The molecule has 5 rings (SSSR count). The van der Waals surface area contributed by atoms with Crippen molar-refractivity contribution in [2.45, 2.75) is 71.3 Å². The molecule has 2 aromatic heterocycles. The summed E-state index contributed by atoms with van der Waals surface area (Å²) < 4.78 is 15.2. The van der Waals surface area contributed by atoms with E-state index in [4.69, 9.17) is 10.1 Å². The van der Waals surface area contributed by atoms with E-state index in [2.05, 4.69) is 20.8 Å². The number of aliphatic carboxylic acids is 1. The summed E-state index contributed by atoms with van der Waals surface area (Å²) in [7, 11) is 0. The number of hydrogen-bond acceptors (Lipinski definition) is 5. The number of carboxylic acids is 1. The summed E-state index contributed by atoms with van der Waals surface area (Å²) in [5.41, 5.74) is 2.29. The van der Waals surface area contributed by atoms with Crippen molar-refractivity contribution in [3.63, 3.8) is 0 Å². The maximum absolute atomic E-state index is 13.8. The topological polar surface area (TPSA) is 108 Å². The van der Waals surface area contributed by atoms with Crippen molar-refractivity contribution in [2.75, 3.05) is 19.6 Å². The zero-order valence-electron chi connectivity index (χ0n) is 24.4. The molecule has 10 heteroatoms. The first-order valence-electron chi connectivity index (χ1n) is 14.2. The molecule has 0 unspecified atom stereocenters. The zero-order valence-corrected chi connectivity index (χ0v) is 24.4. The minimum atomic E-state index is -0.785. The molecule has 1 saturated heterocycles. The molecule has 2 aliphatic rings. The van der Waals surface area contributed by atoms with E-state index < -0.39 is 11.5 Å². The molecule has 3 heterocycles. The highest BCUT2D eigenvalue weighted by Gasteiger charge is 2.41. The van der Waals surface area contributed by atoms with Gasteiger partial charge in [-0.05, 0) is 75.3 Å². The summed E-state index contributed by atoms with van der Waals surface area (Å²) in [5.74, 6) is -1.81. The predicted molar refractivity (Wildman–Crippen MR) is 152 cm³/mol. The van der Waals surface area contributed by atoms with Gasteiger partial charge in [-0.25, -0.2) is 13.9 Å². The minimum Gasteiger partial charge on any atom is -0.481 e. The van der Waals surface area contributed by atoms with E-state index in [0.717, 1.165) is 11.1 Å². The number of amides is 2. The van der Waals surface area contributed by atoms with Gasteiger partial charge in [0, 0.05) is 36.7 Å². The smallest absolute Gasteiger partial charge is 0.306 e. The molecule has 41 heavy (non-hydrogen) atoms. The molecule has 2 fully saturated rings. The van der Waals surface area contributed by atoms with Crippen LogP contribution in [0.4, 0.5) is 4.39 Å². The van der Waals surface area contributed by atoms with E-state index in [1.807, 2.05) is 24.8 Å². The summed E-state index contributed by atoms with van der Waals surface area (Å²) >= 11 is 0. The summed E-state index contributed by atoms with van der Waals surface area (Å²) in [4.78, 5) is 46.8. The largest absolute Gasteiger partial charge is 0.481 e. The third-order valence-electron chi connectivity index (χ3n) is 8.48. The van der Waals surface area contributed by atoms with Crippen molar-refractivity contribution >= 4 is 23.4 Å². The highest BCUT2D eigenvalue weighted by molar-refractivity contribution is 5.94. The molecule has 0 radical (unpaired) electrons. The lowest BCUT2D eigenvalue weighted by Crippen LogP contribution is -2.62. The Hall–Kier alpha value is -3.82. The van der Waals surface area contributed by atoms with Gasteiger partial charge in [0.05, 0.1) is 23.3 Å². The Morgan fingerprint density at radius 1 is 1.00 bits per heavy atom. The fourth-order valence-electron chi connectivity index (χ4n) is 6.10. The number of carbonyl (C=O) groups is 3. The van der Waals surface area contributed by atoms with Gasteiger partial charge < -0.3 is 14.9 Å². The van der Waals surface area contributed by atoms with Gasteiger partial charge in [-0.2, -0.15) is 5.10 Å². The number of nitrogens with zero attached hydrogens (tertiary/aromatic N) is 5. The van der Waals surface area contributed by atoms with Gasteiger partial charge in [0.2, 0.25) is 5.91 Å². The SMILES string of the molecule is CC(C)(C)c1cc(-c2ccc(F)cc2)nn2cc(C(=O)N3CCN(C(=O)[C@H]4CC[C@H](C(=O)O)CC4)CC3(C)C)nc12. The summed E-state index contributed by atoms with van der Waals surface area (Å²) in [5, 5.41) is 14.0. The number of aromatic nitrogens is 3. The van der Waals surface area contributed by atoms with E-state index >= 15 is 0 Å².